The standard InChI is InChI=1S/C29H29N3O3S2/c1-2-35-26(33)17-19-11-13-20(14-12-19)30-29(34)32-18-22-21-7-3-4-9-24(21)37-28(22)31-15-5-8-23(31)27(32)25-10-6-16-36-25/h5-6,8,10-16,27H,2-4,7,9,17-18H2,1H3,(H,30,34)/t27-/m1/s1. The van der Waals surface area contributed by atoms with Crippen LogP contribution in [0.3, 0.4) is 0 Å². The second-order valence-corrected chi connectivity index (χ2v) is 11.5. The molecule has 1 N–H and O–H groups in total. The summed E-state index contributed by atoms with van der Waals surface area (Å²) in [6, 6.07) is 15.5. The summed E-state index contributed by atoms with van der Waals surface area (Å²) >= 11 is 3.57. The van der Waals surface area contributed by atoms with Gasteiger partial charge in [0.15, 0.2) is 0 Å². The smallest absolute Gasteiger partial charge is 0.323 e. The van der Waals surface area contributed by atoms with E-state index in [4.69, 9.17) is 4.74 Å². The first-order valence-corrected chi connectivity index (χ1v) is 14.5. The molecule has 0 spiro atoms. The van der Waals surface area contributed by atoms with Gasteiger partial charge in [-0.3, -0.25) is 4.79 Å². The molecular formula is C29H29N3O3S2. The Morgan fingerprint density at radius 1 is 1.05 bits per heavy atom. The van der Waals surface area contributed by atoms with Gasteiger partial charge >= 0.3 is 12.0 Å². The largest absolute Gasteiger partial charge is 0.466 e. The summed E-state index contributed by atoms with van der Waals surface area (Å²) < 4.78 is 7.35. The van der Waals surface area contributed by atoms with Gasteiger partial charge in [0.2, 0.25) is 0 Å². The van der Waals surface area contributed by atoms with Crippen LogP contribution in [0, 0.1) is 0 Å². The van der Waals surface area contributed by atoms with Crippen molar-refractivity contribution >= 4 is 40.4 Å². The Hall–Kier alpha value is -3.36. The molecule has 1 atom stereocenters. The number of nitrogens with zero attached hydrogens (tertiary/aromatic N) is 2. The van der Waals surface area contributed by atoms with Gasteiger partial charge in [-0.15, -0.1) is 22.7 Å². The van der Waals surface area contributed by atoms with Gasteiger partial charge < -0.3 is 19.5 Å². The normalized spacial score (nSPS) is 16.4. The van der Waals surface area contributed by atoms with Crippen molar-refractivity contribution in [2.75, 3.05) is 11.9 Å². The van der Waals surface area contributed by atoms with Crippen molar-refractivity contribution in [2.24, 2.45) is 0 Å². The zero-order chi connectivity index (χ0) is 25.4. The SMILES string of the molecule is CCOC(=O)Cc1ccc(NC(=O)N2Cc3c(sc4c3CCCC4)-n3cccc3[C@@H]2c2cccs2)cc1. The second kappa shape index (κ2) is 10.2. The molecule has 8 heteroatoms. The Kier molecular flexibility index (Phi) is 6.61. The van der Waals surface area contributed by atoms with Crippen LogP contribution >= 0.6 is 22.7 Å². The second-order valence-electron chi connectivity index (χ2n) is 9.45. The van der Waals surface area contributed by atoms with Gasteiger partial charge in [-0.25, -0.2) is 4.79 Å². The first-order chi connectivity index (χ1) is 18.1. The third-order valence-corrected chi connectivity index (χ3v) is 9.37. The zero-order valence-corrected chi connectivity index (χ0v) is 22.4. The van der Waals surface area contributed by atoms with E-state index in [0.29, 0.717) is 18.8 Å². The average molecular weight is 532 g/mol. The summed E-state index contributed by atoms with van der Waals surface area (Å²) in [5, 5.41) is 6.46. The van der Waals surface area contributed by atoms with E-state index in [1.54, 1.807) is 18.3 Å². The molecule has 0 unspecified atom stereocenters. The molecule has 0 saturated heterocycles. The van der Waals surface area contributed by atoms with Gasteiger partial charge in [-0.05, 0) is 79.4 Å². The Bertz CT molecular complexity index is 1420. The molecule has 0 saturated carbocycles. The van der Waals surface area contributed by atoms with Crippen LogP contribution in [-0.2, 0) is 35.3 Å². The molecule has 3 aromatic heterocycles. The van der Waals surface area contributed by atoms with Crippen LogP contribution < -0.4 is 5.32 Å². The van der Waals surface area contributed by atoms with Gasteiger partial charge in [0, 0.05) is 27.2 Å². The van der Waals surface area contributed by atoms with Crippen LogP contribution in [0.2, 0.25) is 0 Å². The number of ether oxygens (including phenoxy) is 1. The minimum atomic E-state index is -0.249. The maximum atomic E-state index is 13.9. The van der Waals surface area contributed by atoms with E-state index in [1.165, 1.54) is 33.8 Å². The van der Waals surface area contributed by atoms with E-state index in [1.807, 2.05) is 46.6 Å². The number of anilines is 1. The Morgan fingerprint density at radius 3 is 2.68 bits per heavy atom. The van der Waals surface area contributed by atoms with Crippen LogP contribution in [-0.4, -0.2) is 28.1 Å². The number of aromatic nitrogens is 1. The zero-order valence-electron chi connectivity index (χ0n) is 20.7. The monoisotopic (exact) mass is 531 g/mol. The molecular weight excluding hydrogens is 502 g/mol. The fourth-order valence-corrected chi connectivity index (χ4v) is 7.66. The molecule has 190 valence electrons. The highest BCUT2D eigenvalue weighted by atomic mass is 32.1. The van der Waals surface area contributed by atoms with E-state index in [0.717, 1.165) is 29.0 Å². The number of nitrogens with one attached hydrogen (secondary N) is 1. The van der Waals surface area contributed by atoms with E-state index < -0.39 is 0 Å². The van der Waals surface area contributed by atoms with E-state index >= 15 is 0 Å². The summed E-state index contributed by atoms with van der Waals surface area (Å²) in [6.07, 6.45) is 7.01. The Labute approximate surface area is 224 Å². The Morgan fingerprint density at radius 2 is 1.89 bits per heavy atom. The summed E-state index contributed by atoms with van der Waals surface area (Å²) in [5.74, 6) is -0.249. The number of urea groups is 1. The molecule has 0 radical (unpaired) electrons. The lowest BCUT2D eigenvalue weighted by molar-refractivity contribution is -0.142. The van der Waals surface area contributed by atoms with Gasteiger partial charge in [-0.2, -0.15) is 0 Å². The minimum absolute atomic E-state index is 0.132. The van der Waals surface area contributed by atoms with Crippen LogP contribution in [0.15, 0.2) is 60.1 Å². The maximum absolute atomic E-state index is 13.9. The Balaban J connectivity index is 1.34. The highest BCUT2D eigenvalue weighted by molar-refractivity contribution is 7.15. The number of amides is 2. The number of hydrogen-bond donors (Lipinski definition) is 1. The molecule has 2 aliphatic rings. The van der Waals surface area contributed by atoms with Crippen molar-refractivity contribution in [1.29, 1.82) is 0 Å². The van der Waals surface area contributed by atoms with Crippen LogP contribution in [0.25, 0.3) is 5.00 Å². The third kappa shape index (κ3) is 4.60. The van der Waals surface area contributed by atoms with Gasteiger partial charge in [0.25, 0.3) is 0 Å². The van der Waals surface area contributed by atoms with Crippen LogP contribution in [0.5, 0.6) is 0 Å². The molecule has 4 heterocycles. The lowest BCUT2D eigenvalue weighted by atomic mass is 9.95. The number of aryl methyl sites for hydroxylation is 1. The molecule has 6 nitrogen and oxygen atoms in total. The summed E-state index contributed by atoms with van der Waals surface area (Å²) in [7, 11) is 0. The van der Waals surface area contributed by atoms with Crippen molar-refractivity contribution in [3.8, 4) is 5.00 Å². The number of esters is 1. The molecule has 1 aliphatic carbocycles. The van der Waals surface area contributed by atoms with E-state index in [2.05, 4.69) is 39.7 Å². The number of benzene rings is 1. The number of carbonyl (C=O) groups is 2. The number of fused-ring (bicyclic) bond motifs is 5. The molecule has 2 amide bonds. The summed E-state index contributed by atoms with van der Waals surface area (Å²) in [6.45, 7) is 2.74. The number of thiophene rings is 2. The van der Waals surface area contributed by atoms with Crippen molar-refractivity contribution in [3.63, 3.8) is 0 Å². The number of rotatable bonds is 5. The fraction of sp³-hybridized carbons (Fsp3) is 0.310. The summed E-state index contributed by atoms with van der Waals surface area (Å²) in [4.78, 5) is 30.4. The fourth-order valence-electron chi connectivity index (χ4n) is 5.41. The van der Waals surface area contributed by atoms with Crippen molar-refractivity contribution in [3.05, 3.63) is 92.2 Å². The van der Waals surface area contributed by atoms with E-state index in [-0.39, 0.29) is 24.5 Å². The number of hydrogen-bond acceptors (Lipinski definition) is 5. The lowest BCUT2D eigenvalue weighted by Gasteiger charge is -2.30. The highest BCUT2D eigenvalue weighted by Gasteiger charge is 2.36. The van der Waals surface area contributed by atoms with Crippen LogP contribution in [0.1, 0.15) is 57.9 Å². The first-order valence-electron chi connectivity index (χ1n) is 12.8. The minimum Gasteiger partial charge on any atom is -0.466 e. The topological polar surface area (TPSA) is 63.6 Å². The average Bonchev–Trinajstić information content (AvgIpc) is 3.65. The predicted molar refractivity (Wildman–Crippen MR) is 148 cm³/mol. The maximum Gasteiger partial charge on any atom is 0.323 e. The van der Waals surface area contributed by atoms with Crippen molar-refractivity contribution < 1.29 is 14.3 Å². The van der Waals surface area contributed by atoms with Crippen molar-refractivity contribution in [1.82, 2.24) is 9.47 Å². The first kappa shape index (κ1) is 24.0. The van der Waals surface area contributed by atoms with Crippen molar-refractivity contribution in [2.45, 2.75) is 51.6 Å². The number of carbonyl (C=O) groups excluding carboxylic acids is 2. The molecule has 1 aromatic carbocycles. The molecule has 0 bridgehead atoms. The molecule has 37 heavy (non-hydrogen) atoms. The van der Waals surface area contributed by atoms with Gasteiger partial charge in [-0.1, -0.05) is 18.2 Å². The molecule has 4 aromatic rings. The van der Waals surface area contributed by atoms with Crippen LogP contribution in [0.4, 0.5) is 10.5 Å². The van der Waals surface area contributed by atoms with Gasteiger partial charge in [0.05, 0.1) is 25.3 Å². The molecule has 0 fully saturated rings. The quantitative estimate of drug-likeness (QED) is 0.291. The van der Waals surface area contributed by atoms with Gasteiger partial charge in [0.1, 0.15) is 11.0 Å². The third-order valence-electron chi connectivity index (χ3n) is 7.11. The lowest BCUT2D eigenvalue weighted by Crippen LogP contribution is -2.37. The summed E-state index contributed by atoms with van der Waals surface area (Å²) in [5.41, 5.74) is 5.40. The van der Waals surface area contributed by atoms with E-state index in [9.17, 15) is 9.59 Å². The molecule has 1 aliphatic heterocycles. The molecule has 6 rings (SSSR count). The predicted octanol–water partition coefficient (Wildman–Crippen LogP) is 6.72. The highest BCUT2D eigenvalue weighted by Crippen LogP contribution is 2.44.